The van der Waals surface area contributed by atoms with E-state index in [4.69, 9.17) is 30.2 Å². The van der Waals surface area contributed by atoms with Gasteiger partial charge in [0.25, 0.3) is 0 Å². The summed E-state index contributed by atoms with van der Waals surface area (Å²) in [4.78, 5) is 32.6. The second-order valence-electron chi connectivity index (χ2n) is 6.54. The summed E-state index contributed by atoms with van der Waals surface area (Å²) in [6.45, 7) is 7.94. The molecule has 0 aliphatic carbocycles. The second-order valence-corrected chi connectivity index (χ2v) is 6.54. The fourth-order valence-electron chi connectivity index (χ4n) is 1.84. The third-order valence-electron chi connectivity index (χ3n) is 3.77. The molecule has 0 rings (SSSR count). The van der Waals surface area contributed by atoms with Gasteiger partial charge >= 0.3 is 17.9 Å². The van der Waals surface area contributed by atoms with Gasteiger partial charge in [-0.05, 0) is 25.7 Å². The smallest absolute Gasteiger partial charge is 0.322 e. The largest absolute Gasteiger partial charge is 0.481 e. The molecule has 9 heteroatoms. The van der Waals surface area contributed by atoms with Gasteiger partial charge in [0, 0.05) is 19.8 Å². The van der Waals surface area contributed by atoms with Gasteiger partial charge in [-0.1, -0.05) is 40.0 Å². The number of hydrogen-bond donors (Lipinski definition) is 3. The summed E-state index contributed by atoms with van der Waals surface area (Å²) in [6, 6.07) is -0.883. The zero-order chi connectivity index (χ0) is 22.5. The van der Waals surface area contributed by atoms with Gasteiger partial charge < -0.3 is 30.2 Å². The number of ether oxygens (including phenoxy) is 3. The van der Waals surface area contributed by atoms with Gasteiger partial charge in [-0.2, -0.15) is 0 Å². The Hall–Kier alpha value is -1.71. The van der Waals surface area contributed by atoms with Crippen molar-refractivity contribution in [3.8, 4) is 0 Å². The van der Waals surface area contributed by atoms with Crippen LogP contribution in [0.25, 0.3) is 0 Å². The first-order valence-electron chi connectivity index (χ1n) is 10.3. The summed E-state index contributed by atoms with van der Waals surface area (Å²) >= 11 is 0. The lowest BCUT2D eigenvalue weighted by atomic mass is 10.1. The minimum Gasteiger partial charge on any atom is -0.481 e. The first-order chi connectivity index (χ1) is 13.8. The first kappa shape index (κ1) is 29.5. The number of carbonyl (C=O) groups excluding carboxylic acids is 1. The zero-order valence-electron chi connectivity index (χ0n) is 18.1. The zero-order valence-corrected chi connectivity index (χ0v) is 18.1. The van der Waals surface area contributed by atoms with Crippen molar-refractivity contribution < 1.29 is 38.8 Å². The number of unbranched alkanes of at least 4 members (excludes halogenated alkanes) is 3. The molecule has 0 saturated heterocycles. The van der Waals surface area contributed by atoms with Crippen LogP contribution in [0.1, 0.15) is 65.7 Å². The summed E-state index contributed by atoms with van der Waals surface area (Å²) in [5.74, 6) is -3.92. The molecule has 0 aliphatic heterocycles. The first-order valence-corrected chi connectivity index (χ1v) is 10.3. The van der Waals surface area contributed by atoms with Gasteiger partial charge in [0.05, 0.1) is 13.2 Å². The van der Waals surface area contributed by atoms with Gasteiger partial charge in [0.2, 0.25) is 0 Å². The van der Waals surface area contributed by atoms with E-state index in [0.29, 0.717) is 13.2 Å². The molecule has 2 atom stereocenters. The molecule has 4 N–H and O–H groups in total. The van der Waals surface area contributed by atoms with Crippen molar-refractivity contribution in [2.45, 2.75) is 71.8 Å². The Labute approximate surface area is 173 Å². The summed E-state index contributed by atoms with van der Waals surface area (Å²) in [5.41, 5.74) is 5.17. The van der Waals surface area contributed by atoms with Crippen LogP contribution in [0.4, 0.5) is 0 Å². The fraction of sp³-hybridized carbons (Fsp3) is 0.850. The molecule has 0 spiro atoms. The second kappa shape index (κ2) is 21.0. The SMILES string of the molecule is CCCCOCCC(C(=O)O)C(=O)OCCCC.CCCCOC[C@@H](N)C(=O)O. The summed E-state index contributed by atoms with van der Waals surface area (Å²) < 4.78 is 15.2. The molecule has 0 heterocycles. The van der Waals surface area contributed by atoms with E-state index in [1.165, 1.54) is 0 Å². The predicted molar refractivity (Wildman–Crippen MR) is 109 cm³/mol. The molecule has 0 aromatic rings. The highest BCUT2D eigenvalue weighted by Gasteiger charge is 2.27. The van der Waals surface area contributed by atoms with E-state index in [1.54, 1.807) is 0 Å². The van der Waals surface area contributed by atoms with Crippen molar-refractivity contribution in [1.82, 2.24) is 0 Å². The van der Waals surface area contributed by atoms with Crippen LogP contribution < -0.4 is 5.73 Å². The van der Waals surface area contributed by atoms with Crippen molar-refractivity contribution in [3.63, 3.8) is 0 Å². The van der Waals surface area contributed by atoms with Crippen LogP contribution in [-0.4, -0.2) is 67.2 Å². The quantitative estimate of drug-likeness (QED) is 0.183. The molecule has 0 aliphatic rings. The van der Waals surface area contributed by atoms with Gasteiger partial charge in [-0.3, -0.25) is 14.4 Å². The van der Waals surface area contributed by atoms with Crippen molar-refractivity contribution in [2.24, 2.45) is 11.7 Å². The highest BCUT2D eigenvalue weighted by atomic mass is 16.5. The van der Waals surface area contributed by atoms with E-state index in [2.05, 4.69) is 6.92 Å². The molecule has 0 aromatic carbocycles. The molecular formula is C20H39NO8. The van der Waals surface area contributed by atoms with Crippen LogP contribution in [0.2, 0.25) is 0 Å². The number of hydrogen-bond acceptors (Lipinski definition) is 7. The Bertz CT molecular complexity index is 431. The van der Waals surface area contributed by atoms with Crippen LogP contribution in [0.3, 0.4) is 0 Å². The van der Waals surface area contributed by atoms with Crippen LogP contribution in [-0.2, 0) is 28.6 Å². The molecule has 0 fully saturated rings. The maximum absolute atomic E-state index is 11.5. The number of carbonyl (C=O) groups is 3. The molecule has 0 aromatic heterocycles. The predicted octanol–water partition coefficient (Wildman–Crippen LogP) is 2.45. The number of carboxylic acid groups (broad SMARTS) is 2. The summed E-state index contributed by atoms with van der Waals surface area (Å²) in [7, 11) is 0. The third kappa shape index (κ3) is 19.4. The van der Waals surface area contributed by atoms with Crippen molar-refractivity contribution in [3.05, 3.63) is 0 Å². The molecule has 0 radical (unpaired) electrons. The molecule has 1 unspecified atom stereocenters. The number of esters is 1. The monoisotopic (exact) mass is 421 g/mol. The molecular weight excluding hydrogens is 382 g/mol. The molecule has 9 nitrogen and oxygen atoms in total. The van der Waals surface area contributed by atoms with Gasteiger partial charge in [-0.25, -0.2) is 0 Å². The Morgan fingerprint density at radius 3 is 1.79 bits per heavy atom. The topological polar surface area (TPSA) is 145 Å². The summed E-state index contributed by atoms with van der Waals surface area (Å²) in [6.07, 6.45) is 5.80. The van der Waals surface area contributed by atoms with Gasteiger partial charge in [0.1, 0.15) is 6.04 Å². The Morgan fingerprint density at radius 1 is 0.793 bits per heavy atom. The molecule has 29 heavy (non-hydrogen) atoms. The van der Waals surface area contributed by atoms with Crippen molar-refractivity contribution >= 4 is 17.9 Å². The summed E-state index contributed by atoms with van der Waals surface area (Å²) in [5, 5.41) is 17.3. The standard InChI is InChI=1S/C13H24O5.C7H15NO3/c1-3-5-8-17-10-7-11(12(14)15)13(16)18-9-6-4-2;1-2-3-4-11-5-6(8)7(9)10/h11H,3-10H2,1-2H3,(H,14,15);6H,2-5,8H2,1H3,(H,9,10)/t;6-/m.1/s1. The van der Waals surface area contributed by atoms with E-state index in [9.17, 15) is 14.4 Å². The van der Waals surface area contributed by atoms with Crippen molar-refractivity contribution in [1.29, 1.82) is 0 Å². The fourth-order valence-corrected chi connectivity index (χ4v) is 1.84. The molecule has 0 amide bonds. The van der Waals surface area contributed by atoms with E-state index < -0.39 is 29.9 Å². The normalized spacial score (nSPS) is 12.4. The number of aliphatic carboxylic acids is 2. The Morgan fingerprint density at radius 2 is 1.31 bits per heavy atom. The third-order valence-corrected chi connectivity index (χ3v) is 3.77. The number of nitrogens with two attached hydrogens (primary N) is 1. The van der Waals surface area contributed by atoms with Crippen LogP contribution in [0.15, 0.2) is 0 Å². The van der Waals surface area contributed by atoms with E-state index in [1.807, 2.05) is 13.8 Å². The average Bonchev–Trinajstić information content (AvgIpc) is 2.68. The van der Waals surface area contributed by atoms with Crippen LogP contribution >= 0.6 is 0 Å². The molecule has 0 bridgehead atoms. The van der Waals surface area contributed by atoms with Crippen molar-refractivity contribution in [2.75, 3.05) is 33.0 Å². The van der Waals surface area contributed by atoms with Crippen LogP contribution in [0, 0.1) is 5.92 Å². The average molecular weight is 422 g/mol. The maximum atomic E-state index is 11.5. The van der Waals surface area contributed by atoms with Gasteiger partial charge in [0.15, 0.2) is 5.92 Å². The molecule has 0 saturated carbocycles. The highest BCUT2D eigenvalue weighted by Crippen LogP contribution is 2.08. The van der Waals surface area contributed by atoms with E-state index in [-0.39, 0.29) is 26.2 Å². The van der Waals surface area contributed by atoms with Crippen LogP contribution in [0.5, 0.6) is 0 Å². The van der Waals surface area contributed by atoms with E-state index >= 15 is 0 Å². The Kier molecular flexibility index (Phi) is 21.4. The Balaban J connectivity index is 0. The minimum atomic E-state index is -1.14. The van der Waals surface area contributed by atoms with E-state index in [0.717, 1.165) is 38.5 Å². The number of rotatable bonds is 17. The lowest BCUT2D eigenvalue weighted by molar-refractivity contribution is -0.159. The lowest BCUT2D eigenvalue weighted by Crippen LogP contribution is -2.34. The lowest BCUT2D eigenvalue weighted by Gasteiger charge is -2.12. The highest BCUT2D eigenvalue weighted by molar-refractivity contribution is 5.93. The minimum absolute atomic E-state index is 0.106. The van der Waals surface area contributed by atoms with Gasteiger partial charge in [-0.15, -0.1) is 0 Å². The maximum Gasteiger partial charge on any atom is 0.322 e. The molecule has 172 valence electrons. The number of carboxylic acids is 2.